The van der Waals surface area contributed by atoms with Gasteiger partial charge in [-0.1, -0.05) is 12.5 Å². The molecule has 0 saturated heterocycles. The molecule has 0 aliphatic rings. The number of aliphatic hydroxyl groups is 1. The van der Waals surface area contributed by atoms with Gasteiger partial charge in [0.1, 0.15) is 12.4 Å². The molecular weight excluding hydrogens is 468 g/mol. The van der Waals surface area contributed by atoms with Crippen LogP contribution < -0.4 is 26.4 Å². The van der Waals surface area contributed by atoms with Crippen LogP contribution in [0.5, 0.6) is 5.75 Å². The van der Waals surface area contributed by atoms with E-state index in [0.717, 1.165) is 0 Å². The van der Waals surface area contributed by atoms with Crippen LogP contribution in [0.3, 0.4) is 0 Å². The van der Waals surface area contributed by atoms with Crippen LogP contribution in [0.25, 0.3) is 0 Å². The molecule has 0 heterocycles. The zero-order valence-corrected chi connectivity index (χ0v) is 21.4. The third-order valence-electron chi connectivity index (χ3n) is 5.33. The fraction of sp³-hybridized carbons (Fsp3) is 0.600. The summed E-state index contributed by atoms with van der Waals surface area (Å²) in [5.41, 5.74) is 6.40. The zero-order chi connectivity index (χ0) is 26.9. The number of unbranched alkanes of at least 4 members (excludes halogenated alkanes) is 1. The summed E-state index contributed by atoms with van der Waals surface area (Å²) in [6.45, 7) is 6.00. The van der Waals surface area contributed by atoms with E-state index >= 15 is 0 Å². The molecule has 0 radical (unpaired) electrons. The van der Waals surface area contributed by atoms with Crippen molar-refractivity contribution in [3.8, 4) is 5.75 Å². The van der Waals surface area contributed by atoms with Crippen molar-refractivity contribution < 1.29 is 33.8 Å². The number of ketones is 1. The van der Waals surface area contributed by atoms with E-state index in [1.807, 2.05) is 0 Å². The molecule has 1 rings (SSSR count). The number of carbonyl (C=O) groups excluding carboxylic acids is 4. The molecule has 0 saturated carbocycles. The highest BCUT2D eigenvalue weighted by atomic mass is 16.5. The highest BCUT2D eigenvalue weighted by molar-refractivity contribution is 5.97. The van der Waals surface area contributed by atoms with Gasteiger partial charge < -0.3 is 36.3 Å². The normalized spacial score (nSPS) is 12.4. The molecular formula is C25H40N4O7. The smallest absolute Gasteiger partial charge is 0.227 e. The summed E-state index contributed by atoms with van der Waals surface area (Å²) in [4.78, 5) is 48.1. The van der Waals surface area contributed by atoms with Gasteiger partial charge in [-0.3, -0.25) is 19.2 Å². The Balaban J connectivity index is 2.87. The molecule has 0 fully saturated rings. The van der Waals surface area contributed by atoms with Gasteiger partial charge in [-0.25, -0.2) is 0 Å². The topological polar surface area (TPSA) is 169 Å². The second kappa shape index (κ2) is 17.4. The quantitative estimate of drug-likeness (QED) is 0.182. The molecule has 2 atom stereocenters. The van der Waals surface area contributed by atoms with E-state index in [9.17, 15) is 24.3 Å². The molecule has 0 aromatic heterocycles. The van der Waals surface area contributed by atoms with Gasteiger partial charge in [-0.05, 0) is 25.8 Å². The molecule has 0 aliphatic heterocycles. The Labute approximate surface area is 212 Å². The molecule has 11 nitrogen and oxygen atoms in total. The van der Waals surface area contributed by atoms with Crippen molar-refractivity contribution in [1.82, 2.24) is 10.6 Å². The largest absolute Gasteiger partial charge is 0.491 e. The van der Waals surface area contributed by atoms with Crippen molar-refractivity contribution in [2.45, 2.75) is 59.1 Å². The minimum absolute atomic E-state index is 0.0377. The molecule has 1 aromatic carbocycles. The lowest BCUT2D eigenvalue weighted by atomic mass is 9.92. The van der Waals surface area contributed by atoms with Gasteiger partial charge >= 0.3 is 0 Å². The first kappa shape index (κ1) is 31.0. The highest BCUT2D eigenvalue weighted by Crippen LogP contribution is 2.25. The zero-order valence-electron chi connectivity index (χ0n) is 21.4. The van der Waals surface area contributed by atoms with Crippen molar-refractivity contribution in [2.75, 3.05) is 38.2 Å². The molecule has 0 aliphatic carbocycles. The van der Waals surface area contributed by atoms with E-state index in [1.165, 1.54) is 13.8 Å². The minimum atomic E-state index is -0.706. The maximum absolute atomic E-state index is 13.1. The van der Waals surface area contributed by atoms with E-state index in [-0.39, 0.29) is 43.1 Å². The summed E-state index contributed by atoms with van der Waals surface area (Å²) in [5, 5.41) is 17.7. The average molecular weight is 509 g/mol. The lowest BCUT2D eigenvalue weighted by Gasteiger charge is -2.19. The minimum Gasteiger partial charge on any atom is -0.491 e. The third kappa shape index (κ3) is 12.6. The molecule has 3 amide bonds. The van der Waals surface area contributed by atoms with Gasteiger partial charge in [0, 0.05) is 56.6 Å². The first-order valence-electron chi connectivity index (χ1n) is 12.2. The fourth-order valence-electron chi connectivity index (χ4n) is 3.45. The van der Waals surface area contributed by atoms with E-state index in [0.29, 0.717) is 62.6 Å². The van der Waals surface area contributed by atoms with Crippen molar-refractivity contribution in [1.29, 1.82) is 0 Å². The van der Waals surface area contributed by atoms with Crippen LogP contribution in [0.2, 0.25) is 0 Å². The molecule has 0 spiro atoms. The van der Waals surface area contributed by atoms with Gasteiger partial charge in [-0.15, -0.1) is 0 Å². The summed E-state index contributed by atoms with van der Waals surface area (Å²) in [6.07, 6.45) is 1.68. The number of amides is 3. The Morgan fingerprint density at radius 1 is 1.06 bits per heavy atom. The molecule has 36 heavy (non-hydrogen) atoms. The SMILES string of the molecule is CC(=O)NCCCC[C@H](CC(=O)[C@H](C)NC(C)=O)C(=O)Nc1ccc(CO)c(OCCOCCN)c1. The van der Waals surface area contributed by atoms with Crippen LogP contribution in [0.15, 0.2) is 18.2 Å². The number of aliphatic hydroxyl groups excluding tert-OH is 1. The molecule has 6 N–H and O–H groups in total. The van der Waals surface area contributed by atoms with Crippen molar-refractivity contribution >= 4 is 29.2 Å². The molecule has 0 bridgehead atoms. The number of benzene rings is 1. The Morgan fingerprint density at radius 2 is 1.81 bits per heavy atom. The standard InChI is InChI=1S/C25H40N4O7/c1-17(28-19(3)32)23(33)14-20(6-4-5-10-27-18(2)31)25(34)29-22-8-7-21(16-30)24(15-22)36-13-12-35-11-9-26/h7-8,15,17,20,30H,4-6,9-14,16,26H2,1-3H3,(H,27,31)(H,28,32)(H,29,34)/t17-,20+/m0/s1. The first-order valence-corrected chi connectivity index (χ1v) is 12.2. The molecule has 0 unspecified atom stereocenters. The average Bonchev–Trinajstić information content (AvgIpc) is 2.82. The first-order chi connectivity index (χ1) is 17.2. The van der Waals surface area contributed by atoms with Crippen LogP contribution in [0.4, 0.5) is 5.69 Å². The van der Waals surface area contributed by atoms with Gasteiger partial charge in [-0.2, -0.15) is 0 Å². The fourth-order valence-corrected chi connectivity index (χ4v) is 3.45. The van der Waals surface area contributed by atoms with E-state index in [1.54, 1.807) is 25.1 Å². The second-order valence-corrected chi connectivity index (χ2v) is 8.49. The third-order valence-corrected chi connectivity index (χ3v) is 5.33. The number of carbonyl (C=O) groups is 4. The summed E-state index contributed by atoms with van der Waals surface area (Å²) in [6, 6.07) is 4.21. The van der Waals surface area contributed by atoms with Crippen LogP contribution in [0.1, 0.15) is 52.0 Å². The number of nitrogens with one attached hydrogen (secondary N) is 3. The van der Waals surface area contributed by atoms with Gasteiger partial charge in [0.2, 0.25) is 17.7 Å². The number of hydrogen-bond donors (Lipinski definition) is 5. The number of nitrogens with two attached hydrogens (primary N) is 1. The number of rotatable bonds is 18. The Morgan fingerprint density at radius 3 is 2.44 bits per heavy atom. The van der Waals surface area contributed by atoms with Crippen molar-refractivity contribution in [2.24, 2.45) is 11.7 Å². The van der Waals surface area contributed by atoms with Gasteiger partial charge in [0.25, 0.3) is 0 Å². The number of hydrogen-bond acceptors (Lipinski definition) is 8. The summed E-state index contributed by atoms with van der Waals surface area (Å²) < 4.78 is 11.0. The van der Waals surface area contributed by atoms with Crippen LogP contribution in [0, 0.1) is 5.92 Å². The van der Waals surface area contributed by atoms with Crippen molar-refractivity contribution in [3.05, 3.63) is 23.8 Å². The summed E-state index contributed by atoms with van der Waals surface area (Å²) in [7, 11) is 0. The second-order valence-electron chi connectivity index (χ2n) is 8.49. The summed E-state index contributed by atoms with van der Waals surface area (Å²) in [5.74, 6) is -1.25. The maximum atomic E-state index is 13.1. The van der Waals surface area contributed by atoms with Crippen LogP contribution in [-0.2, 0) is 30.5 Å². The predicted octanol–water partition coefficient (Wildman–Crippen LogP) is 0.878. The van der Waals surface area contributed by atoms with Crippen LogP contribution >= 0.6 is 0 Å². The number of anilines is 1. The van der Waals surface area contributed by atoms with Crippen LogP contribution in [-0.4, -0.2) is 67.6 Å². The van der Waals surface area contributed by atoms with Crippen molar-refractivity contribution in [3.63, 3.8) is 0 Å². The lowest BCUT2D eigenvalue weighted by Crippen LogP contribution is -2.39. The Bertz CT molecular complexity index is 863. The van der Waals surface area contributed by atoms with E-state index in [2.05, 4.69) is 16.0 Å². The number of ether oxygens (including phenoxy) is 2. The monoisotopic (exact) mass is 508 g/mol. The highest BCUT2D eigenvalue weighted by Gasteiger charge is 2.25. The lowest BCUT2D eigenvalue weighted by molar-refractivity contribution is -0.129. The van der Waals surface area contributed by atoms with E-state index < -0.39 is 12.0 Å². The molecule has 202 valence electrons. The van der Waals surface area contributed by atoms with E-state index in [4.69, 9.17) is 15.2 Å². The predicted molar refractivity (Wildman–Crippen MR) is 135 cm³/mol. The number of Topliss-reactive ketones (excluding diaryl/α,β-unsaturated/α-hetero) is 1. The molecule has 1 aromatic rings. The van der Waals surface area contributed by atoms with Gasteiger partial charge in [0.05, 0.1) is 25.9 Å². The Hall–Kier alpha value is -3.02. The Kier molecular flexibility index (Phi) is 15.0. The molecule has 11 heteroatoms. The summed E-state index contributed by atoms with van der Waals surface area (Å²) >= 11 is 0. The maximum Gasteiger partial charge on any atom is 0.227 e. The van der Waals surface area contributed by atoms with Gasteiger partial charge in [0.15, 0.2) is 5.78 Å².